The summed E-state index contributed by atoms with van der Waals surface area (Å²) in [5.41, 5.74) is 0.646. The van der Waals surface area contributed by atoms with Crippen LogP contribution < -0.4 is 14.8 Å². The molecule has 0 aliphatic carbocycles. The number of halogens is 1. The number of carbonyl (C=O) groups is 1. The van der Waals surface area contributed by atoms with Gasteiger partial charge in [-0.05, 0) is 43.0 Å². The third kappa shape index (κ3) is 4.96. The Morgan fingerprint density at radius 1 is 1.31 bits per heavy atom. The minimum absolute atomic E-state index is 0.0298. The van der Waals surface area contributed by atoms with Crippen LogP contribution in [-0.4, -0.2) is 42.2 Å². The number of benzene rings is 1. The molecule has 0 unspecified atom stereocenters. The van der Waals surface area contributed by atoms with Gasteiger partial charge in [0.25, 0.3) is 11.5 Å². The number of likely N-dealkylation sites (tertiary alicyclic amines) is 1. The summed E-state index contributed by atoms with van der Waals surface area (Å²) < 4.78 is 7.50. The molecule has 0 atom stereocenters. The highest BCUT2D eigenvalue weighted by Gasteiger charge is 2.24. The number of hydrogen-bond donors (Lipinski definition) is 0. The van der Waals surface area contributed by atoms with Crippen molar-refractivity contribution in [2.75, 3.05) is 26.8 Å². The first kappa shape index (κ1) is 21.3. The molecule has 2 aromatic rings. The van der Waals surface area contributed by atoms with E-state index in [2.05, 4.69) is 6.07 Å². The Balaban J connectivity index is 2.15. The first-order valence-corrected chi connectivity index (χ1v) is 10.6. The van der Waals surface area contributed by atoms with Gasteiger partial charge in [-0.2, -0.15) is 5.26 Å². The molecule has 0 saturated carbocycles. The summed E-state index contributed by atoms with van der Waals surface area (Å²) in [5.74, 6) is -0.301. The highest BCUT2D eigenvalue weighted by atomic mass is 35.5. The molecule has 1 amide bonds. The third-order valence-corrected chi connectivity index (χ3v) is 6.12. The van der Waals surface area contributed by atoms with Crippen molar-refractivity contribution in [3.63, 3.8) is 0 Å². The monoisotopic (exact) mass is 431 g/mol. The van der Waals surface area contributed by atoms with E-state index in [9.17, 15) is 14.9 Å². The lowest BCUT2D eigenvalue weighted by molar-refractivity contribution is -0.123. The fourth-order valence-corrected chi connectivity index (χ4v) is 4.50. The molecule has 152 valence electrons. The largest absolute Gasteiger partial charge is 0.385 e. The second-order valence-electron chi connectivity index (χ2n) is 6.76. The Morgan fingerprint density at radius 2 is 2.00 bits per heavy atom. The lowest BCUT2D eigenvalue weighted by atomic mass is 10.2. The van der Waals surface area contributed by atoms with E-state index in [1.807, 2.05) is 12.1 Å². The lowest BCUT2D eigenvalue weighted by Crippen LogP contribution is -2.36. The molecular weight excluding hydrogens is 410 g/mol. The Labute approximate surface area is 177 Å². The van der Waals surface area contributed by atoms with Crippen LogP contribution in [0, 0.1) is 11.3 Å². The van der Waals surface area contributed by atoms with E-state index in [1.54, 1.807) is 30.2 Å². The van der Waals surface area contributed by atoms with Gasteiger partial charge in [-0.25, -0.2) is 0 Å². The van der Waals surface area contributed by atoms with Crippen molar-refractivity contribution >= 4 is 40.5 Å². The van der Waals surface area contributed by atoms with Crippen molar-refractivity contribution in [3.05, 3.63) is 54.4 Å². The van der Waals surface area contributed by atoms with E-state index in [0.29, 0.717) is 46.9 Å². The quantitative estimate of drug-likeness (QED) is 0.653. The molecule has 6 nitrogen and oxygen atoms in total. The Hall–Kier alpha value is -2.40. The van der Waals surface area contributed by atoms with Crippen LogP contribution in [0.4, 0.5) is 0 Å². The highest BCUT2D eigenvalue weighted by molar-refractivity contribution is 7.07. The van der Waals surface area contributed by atoms with Gasteiger partial charge in [0.1, 0.15) is 10.7 Å². The molecule has 0 N–H and O–H groups in total. The molecule has 29 heavy (non-hydrogen) atoms. The molecule has 1 aliphatic rings. The molecule has 1 saturated heterocycles. The number of rotatable bonds is 6. The summed E-state index contributed by atoms with van der Waals surface area (Å²) in [7, 11) is 1.60. The third-order valence-electron chi connectivity index (χ3n) is 4.74. The lowest BCUT2D eigenvalue weighted by Gasteiger charge is -2.14. The number of ether oxygens (including phenoxy) is 1. The predicted octanol–water partition coefficient (Wildman–Crippen LogP) is 1.73. The maximum absolute atomic E-state index is 13.0. The van der Waals surface area contributed by atoms with Crippen molar-refractivity contribution in [2.24, 2.45) is 0 Å². The van der Waals surface area contributed by atoms with Crippen LogP contribution in [-0.2, 0) is 16.1 Å². The number of aromatic nitrogens is 1. The van der Waals surface area contributed by atoms with E-state index in [-0.39, 0.29) is 17.0 Å². The molecule has 0 bridgehead atoms. The summed E-state index contributed by atoms with van der Waals surface area (Å²) in [4.78, 5) is 27.6. The average molecular weight is 432 g/mol. The standard InChI is InChI=1S/C21H22ClN3O3S/c1-28-12-4-11-25-20(27)18(13-15-5-7-16(22)8-6-15)29-21(25)17(14-23)19(26)24-9-2-3-10-24/h5-8,13H,2-4,9-12H2,1H3/b18-13+,21-17+. The number of nitriles is 1. The zero-order valence-electron chi connectivity index (χ0n) is 16.2. The molecule has 1 aromatic heterocycles. The van der Waals surface area contributed by atoms with Crippen molar-refractivity contribution in [1.29, 1.82) is 5.26 Å². The minimum Gasteiger partial charge on any atom is -0.385 e. The minimum atomic E-state index is -0.301. The summed E-state index contributed by atoms with van der Waals surface area (Å²) >= 11 is 7.11. The average Bonchev–Trinajstić information content (AvgIpc) is 3.35. The smallest absolute Gasteiger partial charge is 0.269 e. The molecule has 1 aromatic carbocycles. The zero-order chi connectivity index (χ0) is 20.8. The van der Waals surface area contributed by atoms with E-state index in [0.717, 1.165) is 18.4 Å². The maximum Gasteiger partial charge on any atom is 0.269 e. The van der Waals surface area contributed by atoms with Gasteiger partial charge in [0.05, 0.1) is 4.53 Å². The Kier molecular flexibility index (Phi) is 7.26. The van der Waals surface area contributed by atoms with Crippen molar-refractivity contribution in [3.8, 4) is 6.07 Å². The number of hydrogen-bond acceptors (Lipinski definition) is 5. The van der Waals surface area contributed by atoms with E-state index >= 15 is 0 Å². The van der Waals surface area contributed by atoms with Gasteiger partial charge in [-0.3, -0.25) is 14.2 Å². The molecule has 3 rings (SSSR count). The van der Waals surface area contributed by atoms with E-state index in [4.69, 9.17) is 16.3 Å². The summed E-state index contributed by atoms with van der Waals surface area (Å²) in [6, 6.07) is 9.20. The van der Waals surface area contributed by atoms with Crippen LogP contribution in [0.1, 0.15) is 24.8 Å². The summed E-state index contributed by atoms with van der Waals surface area (Å²) in [6.07, 6.45) is 4.24. The topological polar surface area (TPSA) is 75.3 Å². The zero-order valence-corrected chi connectivity index (χ0v) is 17.8. The first-order valence-electron chi connectivity index (χ1n) is 9.44. The number of thiazole rings is 1. The molecule has 0 spiro atoms. The van der Waals surface area contributed by atoms with Gasteiger partial charge in [0.2, 0.25) is 0 Å². The van der Waals surface area contributed by atoms with Crippen molar-refractivity contribution in [1.82, 2.24) is 9.47 Å². The number of methoxy groups -OCH3 is 1. The Bertz CT molecular complexity index is 1090. The van der Waals surface area contributed by atoms with Gasteiger partial charge in [0, 0.05) is 38.4 Å². The van der Waals surface area contributed by atoms with E-state index < -0.39 is 0 Å². The Morgan fingerprint density at radius 3 is 2.62 bits per heavy atom. The van der Waals surface area contributed by atoms with Crippen LogP contribution in [0.25, 0.3) is 11.6 Å². The van der Waals surface area contributed by atoms with Crippen LogP contribution in [0.15, 0.2) is 29.1 Å². The second-order valence-corrected chi connectivity index (χ2v) is 8.22. The fraction of sp³-hybridized carbons (Fsp3) is 0.381. The van der Waals surface area contributed by atoms with Crippen LogP contribution >= 0.6 is 22.9 Å². The van der Waals surface area contributed by atoms with Gasteiger partial charge in [-0.15, -0.1) is 11.3 Å². The van der Waals surface area contributed by atoms with Gasteiger partial charge >= 0.3 is 0 Å². The van der Waals surface area contributed by atoms with Gasteiger partial charge < -0.3 is 9.64 Å². The number of carbonyl (C=O) groups excluding carboxylic acids is 1. The van der Waals surface area contributed by atoms with Crippen LogP contribution in [0.5, 0.6) is 0 Å². The molecular formula is C21H22ClN3O3S. The van der Waals surface area contributed by atoms with Crippen LogP contribution in [0.3, 0.4) is 0 Å². The molecule has 0 radical (unpaired) electrons. The number of amides is 1. The van der Waals surface area contributed by atoms with Crippen molar-refractivity contribution < 1.29 is 9.53 Å². The maximum atomic E-state index is 13.0. The fourth-order valence-electron chi connectivity index (χ4n) is 3.25. The molecule has 1 aliphatic heterocycles. The SMILES string of the molecule is COCCCn1c(=O)/c(=C\c2ccc(Cl)cc2)s/c1=C(\C#N)C(=O)N1CCCC1. The van der Waals surface area contributed by atoms with Crippen LogP contribution in [0.2, 0.25) is 5.02 Å². The summed E-state index contributed by atoms with van der Waals surface area (Å²) in [6.45, 7) is 2.16. The normalized spacial score (nSPS) is 15.5. The second kappa shape index (κ2) is 9.88. The summed E-state index contributed by atoms with van der Waals surface area (Å²) in [5, 5.41) is 10.3. The van der Waals surface area contributed by atoms with E-state index in [1.165, 1.54) is 15.9 Å². The van der Waals surface area contributed by atoms with Crippen molar-refractivity contribution in [2.45, 2.75) is 25.8 Å². The number of nitrogens with zero attached hydrogens (tertiary/aromatic N) is 3. The molecule has 2 heterocycles. The molecule has 8 heteroatoms. The van der Waals surface area contributed by atoms with Gasteiger partial charge in [0.15, 0.2) is 5.57 Å². The molecule has 1 fully saturated rings. The first-order chi connectivity index (χ1) is 14.0. The predicted molar refractivity (Wildman–Crippen MR) is 114 cm³/mol. The van der Waals surface area contributed by atoms with Gasteiger partial charge in [-0.1, -0.05) is 23.7 Å². The highest BCUT2D eigenvalue weighted by Crippen LogP contribution is 2.12.